The molecule has 0 spiro atoms. The number of rotatable bonds is 1. The molecule has 1 aliphatic rings. The number of hydrogen-bond donors (Lipinski definition) is 1. The fraction of sp³-hybridized carbons (Fsp3) is 0.562. The van der Waals surface area contributed by atoms with Crippen molar-refractivity contribution in [3.05, 3.63) is 35.4 Å². The quantitative estimate of drug-likeness (QED) is 0.842. The second-order valence-electron chi connectivity index (χ2n) is 6.48. The van der Waals surface area contributed by atoms with Crippen LogP contribution in [-0.4, -0.2) is 23.4 Å². The van der Waals surface area contributed by atoms with Crippen LogP contribution in [0.25, 0.3) is 0 Å². The Kier molecular flexibility index (Phi) is 3.95. The lowest BCUT2D eigenvalue weighted by molar-refractivity contribution is -0.135. The zero-order chi connectivity index (χ0) is 14.0. The van der Waals surface area contributed by atoms with Crippen molar-refractivity contribution in [1.82, 2.24) is 4.90 Å². The zero-order valence-corrected chi connectivity index (χ0v) is 12.1. The Morgan fingerprint density at radius 1 is 1.26 bits per heavy atom. The smallest absolute Gasteiger partial charge is 0.240 e. The van der Waals surface area contributed by atoms with Crippen molar-refractivity contribution in [3.63, 3.8) is 0 Å². The van der Waals surface area contributed by atoms with E-state index in [-0.39, 0.29) is 11.3 Å². The lowest BCUT2D eigenvalue weighted by atomic mass is 9.86. The molecule has 1 aromatic carbocycles. The Balaban J connectivity index is 2.17. The molecule has 0 radical (unpaired) electrons. The van der Waals surface area contributed by atoms with Crippen molar-refractivity contribution in [2.24, 2.45) is 11.1 Å². The molecule has 3 nitrogen and oxygen atoms in total. The predicted molar refractivity (Wildman–Crippen MR) is 77.6 cm³/mol. The third kappa shape index (κ3) is 3.16. The molecule has 1 heterocycles. The van der Waals surface area contributed by atoms with Gasteiger partial charge < -0.3 is 10.6 Å². The molecule has 1 aromatic rings. The number of carbonyl (C=O) groups excluding carboxylic acids is 1. The summed E-state index contributed by atoms with van der Waals surface area (Å²) in [4.78, 5) is 14.4. The molecular weight excluding hydrogens is 236 g/mol. The maximum Gasteiger partial charge on any atom is 0.240 e. The van der Waals surface area contributed by atoms with Crippen molar-refractivity contribution in [2.75, 3.05) is 6.54 Å². The average Bonchev–Trinajstić information content (AvgIpc) is 2.57. The summed E-state index contributed by atoms with van der Waals surface area (Å²) in [5, 5.41) is 0. The van der Waals surface area contributed by atoms with Crippen LogP contribution in [0.15, 0.2) is 24.3 Å². The highest BCUT2D eigenvalue weighted by Crippen LogP contribution is 2.23. The number of nitrogens with two attached hydrogens (primary N) is 1. The summed E-state index contributed by atoms with van der Waals surface area (Å²) in [5.41, 5.74) is 8.54. The molecule has 0 unspecified atom stereocenters. The van der Waals surface area contributed by atoms with Gasteiger partial charge in [0.15, 0.2) is 0 Å². The summed E-state index contributed by atoms with van der Waals surface area (Å²) in [6.07, 6.45) is 2.06. The van der Waals surface area contributed by atoms with Crippen molar-refractivity contribution >= 4 is 5.91 Å². The zero-order valence-electron chi connectivity index (χ0n) is 12.1. The van der Waals surface area contributed by atoms with E-state index in [4.69, 9.17) is 5.73 Å². The van der Waals surface area contributed by atoms with Crippen LogP contribution in [0.5, 0.6) is 0 Å². The van der Waals surface area contributed by atoms with Gasteiger partial charge in [0, 0.05) is 13.1 Å². The van der Waals surface area contributed by atoms with Gasteiger partial charge in [-0.1, -0.05) is 45.0 Å². The van der Waals surface area contributed by atoms with Gasteiger partial charge in [0.2, 0.25) is 5.91 Å². The van der Waals surface area contributed by atoms with E-state index in [2.05, 4.69) is 18.2 Å². The van der Waals surface area contributed by atoms with Gasteiger partial charge in [0.1, 0.15) is 0 Å². The maximum atomic E-state index is 12.5. The molecule has 2 rings (SSSR count). The van der Waals surface area contributed by atoms with Crippen molar-refractivity contribution in [2.45, 2.75) is 46.2 Å². The lowest BCUT2D eigenvalue weighted by Crippen LogP contribution is -2.50. The van der Waals surface area contributed by atoms with Gasteiger partial charge in [-0.3, -0.25) is 4.79 Å². The molecule has 1 amide bonds. The molecule has 1 atom stereocenters. The highest BCUT2D eigenvalue weighted by molar-refractivity contribution is 5.82. The van der Waals surface area contributed by atoms with Crippen LogP contribution in [0.3, 0.4) is 0 Å². The van der Waals surface area contributed by atoms with Gasteiger partial charge >= 0.3 is 0 Å². The maximum absolute atomic E-state index is 12.5. The number of nitrogens with zero attached hydrogens (tertiary/aromatic N) is 1. The molecule has 0 saturated heterocycles. The third-order valence-corrected chi connectivity index (χ3v) is 3.86. The first-order chi connectivity index (χ1) is 8.89. The average molecular weight is 260 g/mol. The van der Waals surface area contributed by atoms with Crippen molar-refractivity contribution < 1.29 is 4.79 Å². The van der Waals surface area contributed by atoms with Gasteiger partial charge in [-0.2, -0.15) is 0 Å². The topological polar surface area (TPSA) is 46.3 Å². The molecule has 19 heavy (non-hydrogen) atoms. The van der Waals surface area contributed by atoms with Gasteiger partial charge in [-0.25, -0.2) is 0 Å². The molecule has 2 N–H and O–H groups in total. The van der Waals surface area contributed by atoms with Crippen LogP contribution in [0.2, 0.25) is 0 Å². The van der Waals surface area contributed by atoms with Gasteiger partial charge in [-0.05, 0) is 29.4 Å². The van der Waals surface area contributed by atoms with E-state index < -0.39 is 6.04 Å². The van der Waals surface area contributed by atoms with Crippen LogP contribution in [-0.2, 0) is 17.8 Å². The highest BCUT2D eigenvalue weighted by atomic mass is 16.2. The minimum Gasteiger partial charge on any atom is -0.337 e. The van der Waals surface area contributed by atoms with Crippen LogP contribution < -0.4 is 5.73 Å². The Morgan fingerprint density at radius 3 is 2.53 bits per heavy atom. The largest absolute Gasteiger partial charge is 0.337 e. The Bertz CT molecular complexity index is 462. The summed E-state index contributed by atoms with van der Waals surface area (Å²) in [5.74, 6) is 0.0733. The van der Waals surface area contributed by atoms with Gasteiger partial charge in [0.25, 0.3) is 0 Å². The number of hydrogen-bond acceptors (Lipinski definition) is 2. The number of fused-ring (bicyclic) bond motifs is 1. The van der Waals surface area contributed by atoms with Gasteiger partial charge in [0.05, 0.1) is 6.04 Å². The Labute approximate surface area is 115 Å². The number of aryl methyl sites for hydroxylation is 1. The monoisotopic (exact) mass is 260 g/mol. The van der Waals surface area contributed by atoms with E-state index in [1.807, 2.05) is 31.7 Å². The molecule has 0 aromatic heterocycles. The molecule has 3 heteroatoms. The standard InChI is InChI=1S/C16H24N2O/c1-16(2,3)14(17)15(19)18-10-6-9-12-7-4-5-8-13(12)11-18/h4-5,7-8,14H,6,9-11,17H2,1-3H3/t14-/m1/s1. The molecule has 0 saturated carbocycles. The number of amides is 1. The molecule has 0 aliphatic carbocycles. The summed E-state index contributed by atoms with van der Waals surface area (Å²) < 4.78 is 0. The second-order valence-corrected chi connectivity index (χ2v) is 6.48. The first-order valence-corrected chi connectivity index (χ1v) is 7.01. The number of carbonyl (C=O) groups is 1. The van der Waals surface area contributed by atoms with E-state index in [1.165, 1.54) is 11.1 Å². The summed E-state index contributed by atoms with van der Waals surface area (Å²) in [6, 6.07) is 7.95. The minimum atomic E-state index is -0.433. The Hall–Kier alpha value is -1.35. The first-order valence-electron chi connectivity index (χ1n) is 7.01. The predicted octanol–water partition coefficient (Wildman–Crippen LogP) is 2.33. The first kappa shape index (κ1) is 14.1. The van der Waals surface area contributed by atoms with E-state index in [1.54, 1.807) is 0 Å². The van der Waals surface area contributed by atoms with Crippen molar-refractivity contribution in [1.29, 1.82) is 0 Å². The van der Waals surface area contributed by atoms with Crippen LogP contribution in [0.1, 0.15) is 38.3 Å². The van der Waals surface area contributed by atoms with Crippen molar-refractivity contribution in [3.8, 4) is 0 Å². The SMILES string of the molecule is CC(C)(C)[C@H](N)C(=O)N1CCCc2ccccc2C1. The second kappa shape index (κ2) is 5.33. The Morgan fingerprint density at radius 2 is 1.89 bits per heavy atom. The fourth-order valence-corrected chi connectivity index (χ4v) is 2.46. The van der Waals surface area contributed by atoms with E-state index in [0.29, 0.717) is 6.54 Å². The summed E-state index contributed by atoms with van der Waals surface area (Å²) in [6.45, 7) is 7.54. The third-order valence-electron chi connectivity index (χ3n) is 3.86. The van der Waals surface area contributed by atoms with Gasteiger partial charge in [-0.15, -0.1) is 0 Å². The van der Waals surface area contributed by atoms with Crippen LogP contribution in [0, 0.1) is 5.41 Å². The summed E-state index contributed by atoms with van der Waals surface area (Å²) in [7, 11) is 0. The molecular formula is C16H24N2O. The number of benzene rings is 1. The van der Waals surface area contributed by atoms with E-state index in [0.717, 1.165) is 19.4 Å². The van der Waals surface area contributed by atoms with Crippen LogP contribution in [0.4, 0.5) is 0 Å². The highest BCUT2D eigenvalue weighted by Gasteiger charge is 2.31. The summed E-state index contributed by atoms with van der Waals surface area (Å²) >= 11 is 0. The molecule has 0 fully saturated rings. The van der Waals surface area contributed by atoms with E-state index >= 15 is 0 Å². The molecule has 0 bridgehead atoms. The van der Waals surface area contributed by atoms with Crippen LogP contribution >= 0.6 is 0 Å². The molecule has 104 valence electrons. The lowest BCUT2D eigenvalue weighted by Gasteiger charge is -2.31. The molecule has 1 aliphatic heterocycles. The van der Waals surface area contributed by atoms with E-state index in [9.17, 15) is 4.79 Å². The minimum absolute atomic E-state index is 0.0733. The fourth-order valence-electron chi connectivity index (χ4n) is 2.46. The normalized spacial score (nSPS) is 17.6.